The molecule has 1 spiro atoms. The van der Waals surface area contributed by atoms with E-state index in [0.29, 0.717) is 31.9 Å². The summed E-state index contributed by atoms with van der Waals surface area (Å²) in [6.45, 7) is 3.03. The molecule has 0 saturated carbocycles. The van der Waals surface area contributed by atoms with Crippen LogP contribution in [0.1, 0.15) is 44.1 Å². The van der Waals surface area contributed by atoms with Gasteiger partial charge >= 0.3 is 0 Å². The number of nitrogens with zero attached hydrogens (tertiary/aromatic N) is 2. The van der Waals surface area contributed by atoms with E-state index in [-0.39, 0.29) is 17.6 Å². The van der Waals surface area contributed by atoms with E-state index in [0.717, 1.165) is 45.2 Å². The van der Waals surface area contributed by atoms with Gasteiger partial charge in [-0.3, -0.25) is 9.59 Å². The molecule has 140 valence electrons. The molecule has 3 aliphatic heterocycles. The van der Waals surface area contributed by atoms with Crippen LogP contribution in [0.15, 0.2) is 30.3 Å². The minimum absolute atomic E-state index is 0.216. The number of carbonyl (C=O) groups excluding carboxylic acids is 2. The summed E-state index contributed by atoms with van der Waals surface area (Å²) in [6, 6.07) is 10.5. The van der Waals surface area contributed by atoms with Gasteiger partial charge in [0.05, 0.1) is 5.60 Å². The van der Waals surface area contributed by atoms with E-state index in [2.05, 4.69) is 17.0 Å². The third kappa shape index (κ3) is 3.63. The molecule has 3 saturated heterocycles. The third-order valence-electron chi connectivity index (χ3n) is 6.16. The lowest BCUT2D eigenvalue weighted by molar-refractivity contribution is -0.140. The quantitative estimate of drug-likeness (QED) is 0.832. The van der Waals surface area contributed by atoms with Crippen molar-refractivity contribution in [2.24, 2.45) is 0 Å². The van der Waals surface area contributed by atoms with E-state index in [1.165, 1.54) is 5.56 Å². The van der Waals surface area contributed by atoms with Crippen molar-refractivity contribution in [3.63, 3.8) is 0 Å². The summed E-state index contributed by atoms with van der Waals surface area (Å²) in [7, 11) is 0. The average Bonchev–Trinajstić information content (AvgIpc) is 3.27. The lowest BCUT2D eigenvalue weighted by Crippen LogP contribution is -2.50. The van der Waals surface area contributed by atoms with Crippen LogP contribution in [-0.4, -0.2) is 59.5 Å². The molecule has 4 rings (SSSR count). The normalized spacial score (nSPS) is 28.9. The maximum absolute atomic E-state index is 12.6. The minimum atomic E-state index is -0.242. The van der Waals surface area contributed by atoms with E-state index in [1.54, 1.807) is 0 Å². The van der Waals surface area contributed by atoms with Crippen molar-refractivity contribution >= 4 is 11.8 Å². The van der Waals surface area contributed by atoms with Crippen molar-refractivity contribution in [3.05, 3.63) is 35.9 Å². The first-order valence-electron chi connectivity index (χ1n) is 9.90. The molecule has 0 aromatic heterocycles. The molecule has 5 nitrogen and oxygen atoms in total. The smallest absolute Gasteiger partial charge is 0.223 e. The number of aryl methyl sites for hydroxylation is 1. The second-order valence-electron chi connectivity index (χ2n) is 7.92. The fourth-order valence-corrected chi connectivity index (χ4v) is 4.72. The van der Waals surface area contributed by atoms with Gasteiger partial charge in [-0.05, 0) is 37.7 Å². The summed E-state index contributed by atoms with van der Waals surface area (Å²) in [5.41, 5.74) is 0.963. The molecule has 0 radical (unpaired) electrons. The standard InChI is InChI=1S/C21H28N2O3/c24-19(9-8-17-5-2-1-3-6-17)22-13-11-21(16-22)15-18(10-14-26-21)23-12-4-7-20(23)25/h1-3,5-6,18H,4,7-16H2/t18-,21-/m0/s1. The van der Waals surface area contributed by atoms with Crippen LogP contribution < -0.4 is 0 Å². The second kappa shape index (κ2) is 7.39. The third-order valence-corrected chi connectivity index (χ3v) is 6.16. The summed E-state index contributed by atoms with van der Waals surface area (Å²) < 4.78 is 6.16. The summed E-state index contributed by atoms with van der Waals surface area (Å²) >= 11 is 0. The van der Waals surface area contributed by atoms with Gasteiger partial charge in [0.1, 0.15) is 0 Å². The second-order valence-corrected chi connectivity index (χ2v) is 7.92. The highest BCUT2D eigenvalue weighted by atomic mass is 16.5. The Hall–Kier alpha value is -1.88. The molecule has 0 unspecified atom stereocenters. The highest BCUT2D eigenvalue weighted by Crippen LogP contribution is 2.37. The molecule has 2 atom stereocenters. The van der Waals surface area contributed by atoms with Crippen molar-refractivity contribution in [3.8, 4) is 0 Å². The Morgan fingerprint density at radius 3 is 2.85 bits per heavy atom. The first-order chi connectivity index (χ1) is 12.7. The summed E-state index contributed by atoms with van der Waals surface area (Å²) in [5, 5.41) is 0. The Labute approximate surface area is 155 Å². The molecule has 0 bridgehead atoms. The average molecular weight is 356 g/mol. The maximum atomic E-state index is 12.6. The van der Waals surface area contributed by atoms with Gasteiger partial charge in [0, 0.05) is 45.1 Å². The van der Waals surface area contributed by atoms with Crippen molar-refractivity contribution in [1.82, 2.24) is 9.80 Å². The Kier molecular flexibility index (Phi) is 4.98. The Balaban J connectivity index is 1.33. The molecule has 3 aliphatic rings. The number of ether oxygens (including phenoxy) is 1. The molecule has 0 N–H and O–H groups in total. The van der Waals surface area contributed by atoms with Crippen molar-refractivity contribution < 1.29 is 14.3 Å². The van der Waals surface area contributed by atoms with Crippen LogP contribution in [0.4, 0.5) is 0 Å². The number of rotatable bonds is 4. The highest BCUT2D eigenvalue weighted by Gasteiger charge is 2.46. The molecule has 1 aromatic rings. The van der Waals surface area contributed by atoms with Crippen LogP contribution in [0.5, 0.6) is 0 Å². The zero-order chi connectivity index (χ0) is 18.0. The number of amides is 2. The van der Waals surface area contributed by atoms with Gasteiger partial charge in [-0.2, -0.15) is 0 Å². The van der Waals surface area contributed by atoms with Crippen LogP contribution in [-0.2, 0) is 20.7 Å². The highest BCUT2D eigenvalue weighted by molar-refractivity contribution is 5.78. The van der Waals surface area contributed by atoms with Gasteiger partial charge in [-0.15, -0.1) is 0 Å². The van der Waals surface area contributed by atoms with Gasteiger partial charge in [-0.25, -0.2) is 0 Å². The van der Waals surface area contributed by atoms with Gasteiger partial charge in [0.2, 0.25) is 11.8 Å². The Morgan fingerprint density at radius 1 is 1.23 bits per heavy atom. The SMILES string of the molecule is O=C(CCc1ccccc1)N1CC[C@]2(C[C@@H](N3CCCC3=O)CCO2)C1. The van der Waals surface area contributed by atoms with Gasteiger partial charge in [0.25, 0.3) is 0 Å². The largest absolute Gasteiger partial charge is 0.373 e. The van der Waals surface area contributed by atoms with E-state index < -0.39 is 0 Å². The monoisotopic (exact) mass is 356 g/mol. The number of hydrogen-bond acceptors (Lipinski definition) is 3. The molecular weight excluding hydrogens is 328 g/mol. The van der Waals surface area contributed by atoms with Crippen molar-refractivity contribution in [2.75, 3.05) is 26.2 Å². The van der Waals surface area contributed by atoms with Crippen LogP contribution in [0, 0.1) is 0 Å². The molecule has 5 heteroatoms. The van der Waals surface area contributed by atoms with E-state index in [1.807, 2.05) is 23.1 Å². The maximum Gasteiger partial charge on any atom is 0.223 e. The molecule has 3 heterocycles. The predicted octanol–water partition coefficient (Wildman–Crippen LogP) is 2.39. The van der Waals surface area contributed by atoms with Gasteiger partial charge in [-0.1, -0.05) is 30.3 Å². The lowest BCUT2D eigenvalue weighted by Gasteiger charge is -2.41. The van der Waals surface area contributed by atoms with E-state index >= 15 is 0 Å². The first-order valence-corrected chi connectivity index (χ1v) is 9.90. The van der Waals surface area contributed by atoms with Crippen LogP contribution in [0.25, 0.3) is 0 Å². The summed E-state index contributed by atoms with van der Waals surface area (Å²) in [4.78, 5) is 28.8. The van der Waals surface area contributed by atoms with E-state index in [4.69, 9.17) is 4.74 Å². The van der Waals surface area contributed by atoms with Gasteiger partial charge < -0.3 is 14.5 Å². The topological polar surface area (TPSA) is 49.9 Å². The Bertz CT molecular complexity index is 662. The lowest BCUT2D eigenvalue weighted by atomic mass is 9.89. The number of likely N-dealkylation sites (tertiary alicyclic amines) is 2. The van der Waals surface area contributed by atoms with Crippen molar-refractivity contribution in [2.45, 2.75) is 56.6 Å². The van der Waals surface area contributed by atoms with E-state index in [9.17, 15) is 9.59 Å². The molecule has 26 heavy (non-hydrogen) atoms. The van der Waals surface area contributed by atoms with Crippen LogP contribution in [0.2, 0.25) is 0 Å². The molecule has 2 amide bonds. The minimum Gasteiger partial charge on any atom is -0.373 e. The van der Waals surface area contributed by atoms with Crippen molar-refractivity contribution in [1.29, 1.82) is 0 Å². The fraction of sp³-hybridized carbons (Fsp3) is 0.619. The van der Waals surface area contributed by atoms with Crippen LogP contribution in [0.3, 0.4) is 0 Å². The predicted molar refractivity (Wildman–Crippen MR) is 98.6 cm³/mol. The fourth-order valence-electron chi connectivity index (χ4n) is 4.72. The number of hydrogen-bond donors (Lipinski definition) is 0. The summed E-state index contributed by atoms with van der Waals surface area (Å²) in [5.74, 6) is 0.509. The number of carbonyl (C=O) groups is 2. The zero-order valence-corrected chi connectivity index (χ0v) is 15.4. The van der Waals surface area contributed by atoms with Gasteiger partial charge in [0.15, 0.2) is 0 Å². The number of benzene rings is 1. The summed E-state index contributed by atoms with van der Waals surface area (Å²) in [6.07, 6.45) is 5.70. The zero-order valence-electron chi connectivity index (χ0n) is 15.4. The molecular formula is C21H28N2O3. The molecule has 0 aliphatic carbocycles. The van der Waals surface area contributed by atoms with Crippen LogP contribution >= 0.6 is 0 Å². The Morgan fingerprint density at radius 2 is 2.08 bits per heavy atom. The molecule has 3 fully saturated rings. The first kappa shape index (κ1) is 17.5. The molecule has 1 aromatic carbocycles.